The Bertz CT molecular complexity index is 582. The summed E-state index contributed by atoms with van der Waals surface area (Å²) in [6, 6.07) is 10.5. The van der Waals surface area contributed by atoms with Crippen molar-refractivity contribution < 1.29 is 9.47 Å². The van der Waals surface area contributed by atoms with Crippen LogP contribution >= 0.6 is 0 Å². The maximum Gasteiger partial charge on any atom is 0.103 e. The zero-order valence-corrected chi connectivity index (χ0v) is 11.9. The van der Waals surface area contributed by atoms with Crippen molar-refractivity contribution in [2.45, 2.75) is 31.6 Å². The standard InChI is InChI=1S/C16H20N2O2/c1-3-20-14-10-13(16(14)19-2)18-12-8-4-6-11-7-5-9-17-15(11)12/h4-9,13-14,16,18H,3,10H2,1-2H3. The molecule has 0 saturated heterocycles. The number of para-hydroxylation sites is 1. The number of hydrogen-bond acceptors (Lipinski definition) is 4. The Morgan fingerprint density at radius 2 is 2.15 bits per heavy atom. The highest BCUT2D eigenvalue weighted by Crippen LogP contribution is 2.31. The molecule has 0 radical (unpaired) electrons. The van der Waals surface area contributed by atoms with Gasteiger partial charge in [-0.05, 0) is 25.5 Å². The van der Waals surface area contributed by atoms with Crippen molar-refractivity contribution in [2.75, 3.05) is 19.0 Å². The van der Waals surface area contributed by atoms with E-state index in [9.17, 15) is 0 Å². The van der Waals surface area contributed by atoms with E-state index in [4.69, 9.17) is 9.47 Å². The quantitative estimate of drug-likeness (QED) is 0.909. The van der Waals surface area contributed by atoms with Crippen LogP contribution in [0.15, 0.2) is 36.5 Å². The lowest BCUT2D eigenvalue weighted by Crippen LogP contribution is -2.56. The fourth-order valence-electron chi connectivity index (χ4n) is 2.84. The lowest BCUT2D eigenvalue weighted by molar-refractivity contribution is -0.117. The molecule has 106 valence electrons. The van der Waals surface area contributed by atoms with E-state index in [0.29, 0.717) is 0 Å². The number of nitrogens with zero attached hydrogens (tertiary/aromatic N) is 1. The van der Waals surface area contributed by atoms with E-state index in [1.807, 2.05) is 25.3 Å². The van der Waals surface area contributed by atoms with Crippen LogP contribution in [0, 0.1) is 0 Å². The van der Waals surface area contributed by atoms with Gasteiger partial charge in [0.2, 0.25) is 0 Å². The maximum atomic E-state index is 5.66. The van der Waals surface area contributed by atoms with Gasteiger partial charge in [0.05, 0.1) is 23.3 Å². The van der Waals surface area contributed by atoms with Gasteiger partial charge in [-0.15, -0.1) is 0 Å². The molecule has 4 nitrogen and oxygen atoms in total. The van der Waals surface area contributed by atoms with E-state index in [1.54, 1.807) is 7.11 Å². The van der Waals surface area contributed by atoms with Crippen LogP contribution in [0.2, 0.25) is 0 Å². The van der Waals surface area contributed by atoms with Crippen molar-refractivity contribution in [1.29, 1.82) is 0 Å². The van der Waals surface area contributed by atoms with Crippen LogP contribution in [0.4, 0.5) is 5.69 Å². The Morgan fingerprint density at radius 1 is 1.30 bits per heavy atom. The molecule has 3 atom stereocenters. The van der Waals surface area contributed by atoms with Crippen LogP contribution in [0.5, 0.6) is 0 Å². The Labute approximate surface area is 119 Å². The molecule has 3 unspecified atom stereocenters. The first-order valence-corrected chi connectivity index (χ1v) is 7.08. The number of rotatable bonds is 5. The van der Waals surface area contributed by atoms with Crippen LogP contribution in [-0.4, -0.2) is 37.0 Å². The van der Waals surface area contributed by atoms with E-state index in [1.165, 1.54) is 0 Å². The highest BCUT2D eigenvalue weighted by Gasteiger charge is 2.42. The largest absolute Gasteiger partial charge is 0.378 e. The summed E-state index contributed by atoms with van der Waals surface area (Å²) < 4.78 is 11.2. The summed E-state index contributed by atoms with van der Waals surface area (Å²) in [4.78, 5) is 4.46. The van der Waals surface area contributed by atoms with Gasteiger partial charge in [-0.1, -0.05) is 18.2 Å². The average molecular weight is 272 g/mol. The second-order valence-corrected chi connectivity index (χ2v) is 5.06. The molecule has 1 aliphatic carbocycles. The predicted molar refractivity (Wildman–Crippen MR) is 80.0 cm³/mol. The van der Waals surface area contributed by atoms with Gasteiger partial charge >= 0.3 is 0 Å². The van der Waals surface area contributed by atoms with E-state index in [-0.39, 0.29) is 18.2 Å². The van der Waals surface area contributed by atoms with Gasteiger partial charge in [-0.2, -0.15) is 0 Å². The van der Waals surface area contributed by atoms with Gasteiger partial charge in [0, 0.05) is 25.3 Å². The number of methoxy groups -OCH3 is 1. The summed E-state index contributed by atoms with van der Waals surface area (Å²) in [6.07, 6.45) is 3.10. The molecule has 4 heteroatoms. The van der Waals surface area contributed by atoms with Gasteiger partial charge in [0.1, 0.15) is 6.10 Å². The molecule has 1 saturated carbocycles. The van der Waals surface area contributed by atoms with Crippen molar-refractivity contribution in [2.24, 2.45) is 0 Å². The molecular weight excluding hydrogens is 252 g/mol. The van der Waals surface area contributed by atoms with Crippen LogP contribution < -0.4 is 5.32 Å². The molecule has 1 heterocycles. The van der Waals surface area contributed by atoms with Crippen LogP contribution in [-0.2, 0) is 9.47 Å². The first kappa shape index (κ1) is 13.3. The highest BCUT2D eigenvalue weighted by molar-refractivity contribution is 5.90. The molecule has 2 aromatic rings. The lowest BCUT2D eigenvalue weighted by Gasteiger charge is -2.43. The Hall–Kier alpha value is -1.65. The van der Waals surface area contributed by atoms with Gasteiger partial charge in [0.15, 0.2) is 0 Å². The number of nitrogens with one attached hydrogen (secondary N) is 1. The molecule has 0 aliphatic heterocycles. The number of fused-ring (bicyclic) bond motifs is 1. The fraction of sp³-hybridized carbons (Fsp3) is 0.438. The van der Waals surface area contributed by atoms with Crippen molar-refractivity contribution in [3.8, 4) is 0 Å². The average Bonchev–Trinajstić information content (AvgIpc) is 2.46. The first-order valence-electron chi connectivity index (χ1n) is 7.08. The van der Waals surface area contributed by atoms with E-state index < -0.39 is 0 Å². The van der Waals surface area contributed by atoms with Crippen LogP contribution in [0.3, 0.4) is 0 Å². The smallest absolute Gasteiger partial charge is 0.103 e. The third kappa shape index (κ3) is 2.37. The van der Waals surface area contributed by atoms with E-state index in [2.05, 4.69) is 28.5 Å². The summed E-state index contributed by atoms with van der Waals surface area (Å²) in [5.41, 5.74) is 2.06. The molecule has 0 amide bonds. The van der Waals surface area contributed by atoms with Crippen molar-refractivity contribution >= 4 is 16.6 Å². The lowest BCUT2D eigenvalue weighted by atomic mass is 9.85. The molecule has 20 heavy (non-hydrogen) atoms. The predicted octanol–water partition coefficient (Wildman–Crippen LogP) is 2.84. The molecule has 1 aliphatic rings. The number of pyridine rings is 1. The summed E-state index contributed by atoms with van der Waals surface area (Å²) >= 11 is 0. The molecule has 0 spiro atoms. The van der Waals surface area contributed by atoms with Gasteiger partial charge in [0.25, 0.3) is 0 Å². The topological polar surface area (TPSA) is 43.4 Å². The number of ether oxygens (including phenoxy) is 2. The van der Waals surface area contributed by atoms with Crippen molar-refractivity contribution in [3.63, 3.8) is 0 Å². The zero-order chi connectivity index (χ0) is 13.9. The number of anilines is 1. The third-order valence-electron chi connectivity index (χ3n) is 3.88. The summed E-state index contributed by atoms with van der Waals surface area (Å²) in [5, 5.41) is 4.69. The SMILES string of the molecule is CCOC1CC(Nc2cccc3cccnc23)C1OC. The second kappa shape index (κ2) is 5.77. The normalized spacial score (nSPS) is 25.4. The number of hydrogen-bond donors (Lipinski definition) is 1. The minimum absolute atomic E-state index is 0.105. The minimum atomic E-state index is 0.105. The molecule has 1 aromatic heterocycles. The molecule has 0 bridgehead atoms. The Kier molecular flexibility index (Phi) is 3.85. The second-order valence-electron chi connectivity index (χ2n) is 5.06. The molecular formula is C16H20N2O2. The first-order chi connectivity index (χ1) is 9.83. The highest BCUT2D eigenvalue weighted by atomic mass is 16.5. The molecule has 1 aromatic carbocycles. The molecule has 1 N–H and O–H groups in total. The Balaban J connectivity index is 1.77. The molecule has 3 rings (SSSR count). The summed E-state index contributed by atoms with van der Waals surface area (Å²) in [6.45, 7) is 2.75. The summed E-state index contributed by atoms with van der Waals surface area (Å²) in [5.74, 6) is 0. The van der Waals surface area contributed by atoms with Crippen molar-refractivity contribution in [1.82, 2.24) is 4.98 Å². The number of aromatic nitrogens is 1. The van der Waals surface area contributed by atoms with Gasteiger partial charge in [-0.25, -0.2) is 0 Å². The van der Waals surface area contributed by atoms with Gasteiger partial charge in [-0.3, -0.25) is 4.98 Å². The van der Waals surface area contributed by atoms with Crippen LogP contribution in [0.25, 0.3) is 10.9 Å². The monoisotopic (exact) mass is 272 g/mol. The van der Waals surface area contributed by atoms with Crippen molar-refractivity contribution in [3.05, 3.63) is 36.5 Å². The minimum Gasteiger partial charge on any atom is -0.378 e. The van der Waals surface area contributed by atoms with E-state index >= 15 is 0 Å². The van der Waals surface area contributed by atoms with Crippen LogP contribution in [0.1, 0.15) is 13.3 Å². The maximum absolute atomic E-state index is 5.66. The molecule has 1 fully saturated rings. The Morgan fingerprint density at radius 3 is 2.95 bits per heavy atom. The van der Waals surface area contributed by atoms with Gasteiger partial charge < -0.3 is 14.8 Å². The summed E-state index contributed by atoms with van der Waals surface area (Å²) in [7, 11) is 1.74. The fourth-order valence-corrected chi connectivity index (χ4v) is 2.84. The number of benzene rings is 1. The van der Waals surface area contributed by atoms with E-state index in [0.717, 1.165) is 29.6 Å². The zero-order valence-electron chi connectivity index (χ0n) is 11.9. The third-order valence-corrected chi connectivity index (χ3v) is 3.88.